The Morgan fingerprint density at radius 2 is 1.75 bits per heavy atom. The molecule has 0 saturated carbocycles. The minimum Gasteiger partial charge on any atom is -0.370 e. The van der Waals surface area contributed by atoms with Gasteiger partial charge in [-0.05, 0) is 36.1 Å². The summed E-state index contributed by atoms with van der Waals surface area (Å²) in [6, 6.07) is 19.3. The minimum absolute atomic E-state index is 0.125. The van der Waals surface area contributed by atoms with Crippen molar-refractivity contribution in [2.45, 2.75) is 25.3 Å². The van der Waals surface area contributed by atoms with E-state index in [-0.39, 0.29) is 11.9 Å². The second kappa shape index (κ2) is 7.65. The average Bonchev–Trinajstić information content (AvgIpc) is 3.16. The summed E-state index contributed by atoms with van der Waals surface area (Å²) in [5, 5.41) is 12.1. The second-order valence-electron chi connectivity index (χ2n) is 6.05. The van der Waals surface area contributed by atoms with Crippen LogP contribution in [-0.2, 0) is 11.2 Å². The van der Waals surface area contributed by atoms with Crippen LogP contribution in [0.5, 0.6) is 0 Å². The van der Waals surface area contributed by atoms with Gasteiger partial charge in [0.2, 0.25) is 5.91 Å². The van der Waals surface area contributed by atoms with Gasteiger partial charge in [-0.1, -0.05) is 42.5 Å². The van der Waals surface area contributed by atoms with Crippen molar-refractivity contribution in [3.63, 3.8) is 0 Å². The molecular formula is C20H21N3O. The summed E-state index contributed by atoms with van der Waals surface area (Å²) >= 11 is 0. The number of hydrogen-bond acceptors (Lipinski definition) is 3. The fourth-order valence-electron chi connectivity index (χ4n) is 3.03. The maximum absolute atomic E-state index is 12.9. The first-order valence-electron chi connectivity index (χ1n) is 8.34. The Labute approximate surface area is 142 Å². The summed E-state index contributed by atoms with van der Waals surface area (Å²) in [6.07, 6.45) is 2.56. The molecule has 0 radical (unpaired) electrons. The van der Waals surface area contributed by atoms with Crippen LogP contribution >= 0.6 is 0 Å². The van der Waals surface area contributed by atoms with Gasteiger partial charge in [0.25, 0.3) is 0 Å². The van der Waals surface area contributed by atoms with Gasteiger partial charge in [-0.2, -0.15) is 5.26 Å². The maximum Gasteiger partial charge on any atom is 0.249 e. The van der Waals surface area contributed by atoms with E-state index in [0.717, 1.165) is 42.7 Å². The molecule has 4 heteroatoms. The molecule has 2 aromatic rings. The number of carbonyl (C=O) groups excluding carboxylic acids is 1. The van der Waals surface area contributed by atoms with Gasteiger partial charge < -0.3 is 10.2 Å². The molecule has 0 spiro atoms. The van der Waals surface area contributed by atoms with Gasteiger partial charge >= 0.3 is 0 Å². The molecule has 1 fully saturated rings. The molecule has 122 valence electrons. The summed E-state index contributed by atoms with van der Waals surface area (Å²) in [7, 11) is 0. The van der Waals surface area contributed by atoms with Crippen LogP contribution in [-0.4, -0.2) is 23.9 Å². The van der Waals surface area contributed by atoms with Crippen LogP contribution in [0.15, 0.2) is 54.6 Å². The van der Waals surface area contributed by atoms with E-state index in [1.165, 1.54) is 0 Å². The molecule has 2 aromatic carbocycles. The van der Waals surface area contributed by atoms with E-state index in [0.29, 0.717) is 6.42 Å². The predicted molar refractivity (Wildman–Crippen MR) is 94.4 cm³/mol. The number of nitrogens with zero attached hydrogens (tertiary/aromatic N) is 2. The van der Waals surface area contributed by atoms with Crippen LogP contribution in [0.25, 0.3) is 0 Å². The lowest BCUT2D eigenvalue weighted by atomic mass is 10.0. The van der Waals surface area contributed by atoms with Gasteiger partial charge in [-0.25, -0.2) is 0 Å². The van der Waals surface area contributed by atoms with E-state index >= 15 is 0 Å². The normalized spacial score (nSPS) is 14.9. The van der Waals surface area contributed by atoms with Crippen LogP contribution in [0.1, 0.15) is 30.0 Å². The molecule has 4 nitrogen and oxygen atoms in total. The zero-order valence-electron chi connectivity index (χ0n) is 13.6. The average molecular weight is 319 g/mol. The lowest BCUT2D eigenvalue weighted by molar-refractivity contribution is -0.131. The highest BCUT2D eigenvalue weighted by Gasteiger charge is 2.27. The molecule has 24 heavy (non-hydrogen) atoms. The van der Waals surface area contributed by atoms with Gasteiger partial charge in [0, 0.05) is 18.8 Å². The first-order chi connectivity index (χ1) is 11.8. The molecule has 3 rings (SSSR count). The molecular weight excluding hydrogens is 298 g/mol. The molecule has 1 amide bonds. The fraction of sp³-hybridized carbons (Fsp3) is 0.300. The Morgan fingerprint density at radius 3 is 2.38 bits per heavy atom. The third-order valence-corrected chi connectivity index (χ3v) is 4.35. The summed E-state index contributed by atoms with van der Waals surface area (Å²) in [4.78, 5) is 14.9. The van der Waals surface area contributed by atoms with Gasteiger partial charge in [0.1, 0.15) is 6.04 Å². The van der Waals surface area contributed by atoms with E-state index in [4.69, 9.17) is 5.26 Å². The van der Waals surface area contributed by atoms with Crippen molar-refractivity contribution < 1.29 is 4.79 Å². The Hall–Kier alpha value is -2.80. The smallest absolute Gasteiger partial charge is 0.249 e. The van der Waals surface area contributed by atoms with Crippen molar-refractivity contribution in [1.82, 2.24) is 4.90 Å². The number of carbonyl (C=O) groups is 1. The highest BCUT2D eigenvalue weighted by Crippen LogP contribution is 2.24. The fourth-order valence-corrected chi connectivity index (χ4v) is 3.03. The third-order valence-electron chi connectivity index (χ3n) is 4.35. The molecule has 1 saturated heterocycles. The number of likely N-dealkylation sites (tertiary alicyclic amines) is 1. The molecule has 1 aliphatic heterocycles. The quantitative estimate of drug-likeness (QED) is 0.917. The van der Waals surface area contributed by atoms with Crippen LogP contribution in [0.4, 0.5) is 5.69 Å². The van der Waals surface area contributed by atoms with E-state index in [1.54, 1.807) is 0 Å². The highest BCUT2D eigenvalue weighted by molar-refractivity contribution is 5.86. The van der Waals surface area contributed by atoms with Crippen LogP contribution < -0.4 is 5.32 Å². The first-order valence-corrected chi connectivity index (χ1v) is 8.34. The Bertz CT molecular complexity index is 713. The molecule has 1 atom stereocenters. The number of anilines is 1. The number of amides is 1. The number of nitriles is 1. The molecule has 0 unspecified atom stereocenters. The van der Waals surface area contributed by atoms with E-state index in [2.05, 4.69) is 11.4 Å². The zero-order chi connectivity index (χ0) is 16.8. The van der Waals surface area contributed by atoms with Crippen molar-refractivity contribution >= 4 is 11.6 Å². The first kappa shape index (κ1) is 16.1. The van der Waals surface area contributed by atoms with E-state index in [9.17, 15) is 4.79 Å². The van der Waals surface area contributed by atoms with E-state index in [1.807, 2.05) is 59.5 Å². The zero-order valence-corrected chi connectivity index (χ0v) is 13.6. The molecule has 1 N–H and O–H groups in total. The largest absolute Gasteiger partial charge is 0.370 e. The molecule has 0 aromatic heterocycles. The number of hydrogen-bond donors (Lipinski definition) is 1. The van der Waals surface area contributed by atoms with Gasteiger partial charge in [0.05, 0.1) is 12.5 Å². The van der Waals surface area contributed by atoms with Crippen molar-refractivity contribution in [1.29, 1.82) is 5.26 Å². The van der Waals surface area contributed by atoms with Gasteiger partial charge in [-0.15, -0.1) is 0 Å². The van der Waals surface area contributed by atoms with Crippen molar-refractivity contribution in [3.8, 4) is 6.07 Å². The SMILES string of the molecule is N#CCc1ccc(N[C@@H](C(=O)N2CCCC2)c2ccccc2)cc1. The summed E-state index contributed by atoms with van der Waals surface area (Å²) in [5.41, 5.74) is 2.83. The predicted octanol–water partition coefficient (Wildman–Crippen LogP) is 3.53. The van der Waals surface area contributed by atoms with Crippen molar-refractivity contribution in [2.75, 3.05) is 18.4 Å². The molecule has 1 aliphatic rings. The number of nitrogens with one attached hydrogen (secondary N) is 1. The summed E-state index contributed by atoms with van der Waals surface area (Å²) in [6.45, 7) is 1.68. The summed E-state index contributed by atoms with van der Waals surface area (Å²) < 4.78 is 0. The molecule has 1 heterocycles. The number of rotatable bonds is 5. The lowest BCUT2D eigenvalue weighted by Gasteiger charge is -2.25. The third kappa shape index (κ3) is 3.75. The highest BCUT2D eigenvalue weighted by atomic mass is 16.2. The Kier molecular flexibility index (Phi) is 5.12. The monoisotopic (exact) mass is 319 g/mol. The minimum atomic E-state index is -0.383. The van der Waals surface area contributed by atoms with Gasteiger partial charge in [-0.3, -0.25) is 4.79 Å². The molecule has 0 bridgehead atoms. The van der Waals surface area contributed by atoms with Gasteiger partial charge in [0.15, 0.2) is 0 Å². The standard InChI is InChI=1S/C20H21N3O/c21-13-12-16-8-10-18(11-9-16)22-19(17-6-2-1-3-7-17)20(24)23-14-4-5-15-23/h1-3,6-11,19,22H,4-5,12,14-15H2/t19-/m1/s1. The molecule has 0 aliphatic carbocycles. The maximum atomic E-state index is 12.9. The Morgan fingerprint density at radius 1 is 1.08 bits per heavy atom. The van der Waals surface area contributed by atoms with Crippen LogP contribution in [0.2, 0.25) is 0 Å². The van der Waals surface area contributed by atoms with Crippen molar-refractivity contribution in [2.24, 2.45) is 0 Å². The Balaban J connectivity index is 1.81. The second-order valence-corrected chi connectivity index (χ2v) is 6.05. The topological polar surface area (TPSA) is 56.1 Å². The number of benzene rings is 2. The summed E-state index contributed by atoms with van der Waals surface area (Å²) in [5.74, 6) is 0.125. The lowest BCUT2D eigenvalue weighted by Crippen LogP contribution is -2.36. The van der Waals surface area contributed by atoms with Crippen LogP contribution in [0.3, 0.4) is 0 Å². The van der Waals surface area contributed by atoms with E-state index < -0.39 is 0 Å². The van der Waals surface area contributed by atoms with Crippen molar-refractivity contribution in [3.05, 3.63) is 65.7 Å². The van der Waals surface area contributed by atoms with Crippen LogP contribution in [0, 0.1) is 11.3 Å².